The standard InChI is InChI=1S/C18H27N5O2/c1-13-12-20-15(23-11-8-19-14(13)23)22-9-6-18(5,7-10-22)21-16(24)25-17(2,3)4/h8,11-12H,6-7,9-10H2,1-5H3,(H,21,24). The number of amides is 1. The van der Waals surface area contributed by atoms with Crippen LogP contribution in [0.1, 0.15) is 46.1 Å². The molecule has 2 aromatic heterocycles. The van der Waals surface area contributed by atoms with Crippen LogP contribution in [0.2, 0.25) is 0 Å². The average Bonchev–Trinajstić information content (AvgIpc) is 2.97. The summed E-state index contributed by atoms with van der Waals surface area (Å²) in [6.45, 7) is 11.3. The molecule has 0 radical (unpaired) electrons. The molecule has 1 amide bonds. The van der Waals surface area contributed by atoms with Crippen molar-refractivity contribution in [2.75, 3.05) is 18.0 Å². The predicted molar refractivity (Wildman–Crippen MR) is 96.9 cm³/mol. The molecule has 0 bridgehead atoms. The Balaban J connectivity index is 1.68. The highest BCUT2D eigenvalue weighted by Gasteiger charge is 2.34. The zero-order chi connectivity index (χ0) is 18.2. The van der Waals surface area contributed by atoms with Gasteiger partial charge in [0.25, 0.3) is 0 Å². The Kier molecular flexibility index (Phi) is 4.34. The third-order valence-electron chi connectivity index (χ3n) is 4.54. The minimum absolute atomic E-state index is 0.266. The molecule has 1 aliphatic heterocycles. The van der Waals surface area contributed by atoms with Gasteiger partial charge in [0.05, 0.1) is 0 Å². The van der Waals surface area contributed by atoms with Crippen LogP contribution >= 0.6 is 0 Å². The topological polar surface area (TPSA) is 71.8 Å². The number of nitrogens with one attached hydrogen (secondary N) is 1. The Morgan fingerprint density at radius 3 is 2.60 bits per heavy atom. The van der Waals surface area contributed by atoms with E-state index in [1.165, 1.54) is 0 Å². The van der Waals surface area contributed by atoms with Crippen molar-refractivity contribution in [3.8, 4) is 0 Å². The molecule has 0 spiro atoms. The first kappa shape index (κ1) is 17.5. The number of aromatic nitrogens is 3. The molecule has 0 unspecified atom stereocenters. The van der Waals surface area contributed by atoms with Gasteiger partial charge in [-0.15, -0.1) is 0 Å². The first-order valence-corrected chi connectivity index (χ1v) is 8.72. The zero-order valence-electron chi connectivity index (χ0n) is 15.7. The Hall–Kier alpha value is -2.31. The van der Waals surface area contributed by atoms with Crippen LogP contribution in [0.5, 0.6) is 0 Å². The number of nitrogens with zero attached hydrogens (tertiary/aromatic N) is 4. The number of hydrogen-bond donors (Lipinski definition) is 1. The fraction of sp³-hybridized carbons (Fsp3) is 0.611. The summed E-state index contributed by atoms with van der Waals surface area (Å²) in [6, 6.07) is 0. The maximum absolute atomic E-state index is 12.1. The van der Waals surface area contributed by atoms with E-state index >= 15 is 0 Å². The van der Waals surface area contributed by atoms with E-state index in [1.807, 2.05) is 44.5 Å². The number of hydrogen-bond acceptors (Lipinski definition) is 5. The fourth-order valence-corrected chi connectivity index (χ4v) is 3.14. The summed E-state index contributed by atoms with van der Waals surface area (Å²) >= 11 is 0. The maximum Gasteiger partial charge on any atom is 0.408 e. The van der Waals surface area contributed by atoms with Gasteiger partial charge in [-0.3, -0.25) is 4.40 Å². The lowest BCUT2D eigenvalue weighted by Gasteiger charge is -2.40. The van der Waals surface area contributed by atoms with Crippen molar-refractivity contribution >= 4 is 17.7 Å². The lowest BCUT2D eigenvalue weighted by molar-refractivity contribution is 0.0448. The summed E-state index contributed by atoms with van der Waals surface area (Å²) in [4.78, 5) is 23.3. The molecule has 0 atom stereocenters. The molecule has 2 aromatic rings. The number of fused-ring (bicyclic) bond motifs is 1. The van der Waals surface area contributed by atoms with Gasteiger partial charge in [-0.2, -0.15) is 0 Å². The van der Waals surface area contributed by atoms with Gasteiger partial charge in [0.1, 0.15) is 11.2 Å². The van der Waals surface area contributed by atoms with E-state index in [0.717, 1.165) is 43.1 Å². The van der Waals surface area contributed by atoms with Crippen molar-refractivity contribution in [3.05, 3.63) is 24.2 Å². The van der Waals surface area contributed by atoms with Crippen LogP contribution in [-0.4, -0.2) is 44.7 Å². The van der Waals surface area contributed by atoms with Crippen LogP contribution in [0, 0.1) is 6.92 Å². The molecular weight excluding hydrogens is 318 g/mol. The summed E-state index contributed by atoms with van der Waals surface area (Å²) in [7, 11) is 0. The minimum Gasteiger partial charge on any atom is -0.444 e. The summed E-state index contributed by atoms with van der Waals surface area (Å²) in [6.07, 6.45) is 6.91. The molecule has 0 aromatic carbocycles. The smallest absolute Gasteiger partial charge is 0.408 e. The number of carbonyl (C=O) groups excluding carboxylic acids is 1. The van der Waals surface area contributed by atoms with E-state index in [1.54, 1.807) is 6.20 Å². The van der Waals surface area contributed by atoms with Crippen LogP contribution in [0.15, 0.2) is 18.6 Å². The second-order valence-electron chi connectivity index (χ2n) is 8.04. The number of aryl methyl sites for hydroxylation is 1. The molecule has 1 N–H and O–H groups in total. The molecular formula is C18H27N5O2. The monoisotopic (exact) mass is 345 g/mol. The third kappa shape index (κ3) is 3.86. The second-order valence-corrected chi connectivity index (χ2v) is 8.04. The number of carbonyl (C=O) groups is 1. The van der Waals surface area contributed by atoms with Gasteiger partial charge in [0.15, 0.2) is 0 Å². The highest BCUT2D eigenvalue weighted by atomic mass is 16.6. The summed E-state index contributed by atoms with van der Waals surface area (Å²) in [5, 5.41) is 3.04. The van der Waals surface area contributed by atoms with Crippen molar-refractivity contribution in [2.45, 2.75) is 58.6 Å². The quantitative estimate of drug-likeness (QED) is 0.906. The number of alkyl carbamates (subject to hydrolysis) is 1. The normalized spacial score (nSPS) is 17.6. The van der Waals surface area contributed by atoms with Crippen molar-refractivity contribution in [1.82, 2.24) is 19.7 Å². The van der Waals surface area contributed by atoms with Gasteiger partial charge in [-0.25, -0.2) is 14.8 Å². The van der Waals surface area contributed by atoms with E-state index in [4.69, 9.17) is 4.74 Å². The molecule has 25 heavy (non-hydrogen) atoms. The van der Waals surface area contributed by atoms with Crippen molar-refractivity contribution in [2.24, 2.45) is 0 Å². The van der Waals surface area contributed by atoms with E-state index < -0.39 is 5.60 Å². The Bertz CT molecular complexity index is 769. The van der Waals surface area contributed by atoms with Crippen molar-refractivity contribution in [3.63, 3.8) is 0 Å². The van der Waals surface area contributed by atoms with Gasteiger partial charge in [0, 0.05) is 42.8 Å². The average molecular weight is 345 g/mol. The molecule has 7 heteroatoms. The van der Waals surface area contributed by atoms with Crippen LogP contribution in [0.3, 0.4) is 0 Å². The summed E-state index contributed by atoms with van der Waals surface area (Å²) in [5.41, 5.74) is 1.24. The van der Waals surface area contributed by atoms with Gasteiger partial charge >= 0.3 is 6.09 Å². The third-order valence-corrected chi connectivity index (χ3v) is 4.54. The molecule has 3 heterocycles. The van der Waals surface area contributed by atoms with Crippen LogP contribution in [0.4, 0.5) is 10.7 Å². The second kappa shape index (κ2) is 6.20. The Labute approximate surface area is 148 Å². The van der Waals surface area contributed by atoms with Crippen LogP contribution in [-0.2, 0) is 4.74 Å². The van der Waals surface area contributed by atoms with Gasteiger partial charge < -0.3 is 15.0 Å². The molecule has 7 nitrogen and oxygen atoms in total. The number of rotatable bonds is 2. The van der Waals surface area contributed by atoms with Crippen LogP contribution in [0.25, 0.3) is 5.65 Å². The fourth-order valence-electron chi connectivity index (χ4n) is 3.14. The number of anilines is 1. The molecule has 3 rings (SSSR count). The van der Waals surface area contributed by atoms with Gasteiger partial charge in [-0.1, -0.05) is 0 Å². The van der Waals surface area contributed by atoms with Gasteiger partial charge in [0.2, 0.25) is 5.95 Å². The molecule has 136 valence electrons. The first-order chi connectivity index (χ1) is 11.7. The van der Waals surface area contributed by atoms with E-state index in [9.17, 15) is 4.79 Å². The number of piperidine rings is 1. The zero-order valence-corrected chi connectivity index (χ0v) is 15.7. The lowest BCUT2D eigenvalue weighted by Crippen LogP contribution is -2.54. The lowest BCUT2D eigenvalue weighted by atomic mass is 9.90. The summed E-state index contributed by atoms with van der Waals surface area (Å²) < 4.78 is 7.42. The Morgan fingerprint density at radius 1 is 1.28 bits per heavy atom. The van der Waals surface area contributed by atoms with Crippen molar-refractivity contribution < 1.29 is 9.53 Å². The highest BCUT2D eigenvalue weighted by Crippen LogP contribution is 2.26. The van der Waals surface area contributed by atoms with Crippen molar-refractivity contribution in [1.29, 1.82) is 0 Å². The summed E-state index contributed by atoms with van der Waals surface area (Å²) in [5.74, 6) is 0.900. The van der Waals surface area contributed by atoms with E-state index in [-0.39, 0.29) is 11.6 Å². The molecule has 1 saturated heterocycles. The molecule has 1 aliphatic rings. The van der Waals surface area contributed by atoms with E-state index in [2.05, 4.69) is 27.1 Å². The molecule has 0 aliphatic carbocycles. The predicted octanol–water partition coefficient (Wildman–Crippen LogP) is 2.92. The SMILES string of the molecule is Cc1cnc(N2CCC(C)(NC(=O)OC(C)(C)C)CC2)n2ccnc12. The van der Waals surface area contributed by atoms with Gasteiger partial charge in [-0.05, 0) is 47.5 Å². The molecule has 1 fully saturated rings. The first-order valence-electron chi connectivity index (χ1n) is 8.72. The Morgan fingerprint density at radius 2 is 1.96 bits per heavy atom. The van der Waals surface area contributed by atoms with E-state index in [0.29, 0.717) is 0 Å². The number of imidazole rings is 1. The van der Waals surface area contributed by atoms with Crippen LogP contribution < -0.4 is 10.2 Å². The molecule has 0 saturated carbocycles. The maximum atomic E-state index is 12.1. The largest absolute Gasteiger partial charge is 0.444 e. The highest BCUT2D eigenvalue weighted by molar-refractivity contribution is 5.68. The minimum atomic E-state index is -0.486. The number of ether oxygens (including phenoxy) is 1.